The Bertz CT molecular complexity index is 269. The zero-order valence-corrected chi connectivity index (χ0v) is 13.4. The molecule has 0 aromatic heterocycles. The average molecular weight is 267 g/mol. The van der Waals surface area contributed by atoms with Gasteiger partial charge in [-0.3, -0.25) is 0 Å². The molecule has 1 aliphatic heterocycles. The van der Waals surface area contributed by atoms with Crippen molar-refractivity contribution in [3.8, 4) is 0 Å². The van der Waals surface area contributed by atoms with Crippen LogP contribution in [0, 0.1) is 11.3 Å². The zero-order valence-electron chi connectivity index (χ0n) is 13.4. The fraction of sp³-hybridized carbons (Fsp3) is 1.00. The molecule has 112 valence electrons. The number of rotatable bonds is 4. The average Bonchev–Trinajstić information content (AvgIpc) is 2.35. The van der Waals surface area contributed by atoms with Crippen molar-refractivity contribution in [1.82, 2.24) is 15.1 Å². The molecule has 0 bridgehead atoms. The molecular formula is C16H33N3. The largest absolute Gasteiger partial charge is 0.314 e. The van der Waals surface area contributed by atoms with Crippen molar-refractivity contribution in [3.63, 3.8) is 0 Å². The minimum atomic E-state index is 0.545. The van der Waals surface area contributed by atoms with Gasteiger partial charge in [0.2, 0.25) is 0 Å². The van der Waals surface area contributed by atoms with Crippen molar-refractivity contribution < 1.29 is 0 Å². The third-order valence-corrected chi connectivity index (χ3v) is 5.07. The first-order valence-electron chi connectivity index (χ1n) is 8.14. The van der Waals surface area contributed by atoms with E-state index in [4.69, 9.17) is 0 Å². The SMILES string of the molecule is CCNC1CCC(C)(C)CC1CN1CCN(C)CC1. The summed E-state index contributed by atoms with van der Waals surface area (Å²) in [5, 5.41) is 3.73. The molecular weight excluding hydrogens is 234 g/mol. The fourth-order valence-electron chi connectivity index (χ4n) is 3.82. The lowest BCUT2D eigenvalue weighted by Crippen LogP contribution is -2.51. The molecule has 3 nitrogen and oxygen atoms in total. The maximum atomic E-state index is 3.73. The molecule has 1 N–H and O–H groups in total. The van der Waals surface area contributed by atoms with Gasteiger partial charge in [-0.25, -0.2) is 0 Å². The minimum Gasteiger partial charge on any atom is -0.314 e. The third kappa shape index (κ3) is 4.44. The standard InChI is InChI=1S/C16H33N3/c1-5-17-15-6-7-16(2,3)12-14(15)13-19-10-8-18(4)9-11-19/h14-15,17H,5-13H2,1-4H3. The Morgan fingerprint density at radius 3 is 2.47 bits per heavy atom. The molecule has 1 saturated carbocycles. The van der Waals surface area contributed by atoms with Crippen LogP contribution in [0.25, 0.3) is 0 Å². The van der Waals surface area contributed by atoms with Gasteiger partial charge in [0.05, 0.1) is 0 Å². The Labute approximate surface area is 119 Å². The molecule has 2 rings (SSSR count). The molecule has 2 aliphatic rings. The van der Waals surface area contributed by atoms with E-state index < -0.39 is 0 Å². The summed E-state index contributed by atoms with van der Waals surface area (Å²) in [5.41, 5.74) is 0.545. The first-order valence-corrected chi connectivity index (χ1v) is 8.14. The van der Waals surface area contributed by atoms with Crippen LogP contribution in [0.4, 0.5) is 0 Å². The lowest BCUT2D eigenvalue weighted by atomic mass is 9.69. The van der Waals surface area contributed by atoms with Crippen LogP contribution < -0.4 is 5.32 Å². The Balaban J connectivity index is 1.89. The van der Waals surface area contributed by atoms with E-state index in [2.05, 4.69) is 42.9 Å². The molecule has 1 saturated heterocycles. The predicted octanol–water partition coefficient (Wildman–Crippen LogP) is 2.04. The summed E-state index contributed by atoms with van der Waals surface area (Å²) in [6, 6.07) is 0.748. The third-order valence-electron chi connectivity index (χ3n) is 5.07. The molecule has 1 heterocycles. The first kappa shape index (κ1) is 15.3. The summed E-state index contributed by atoms with van der Waals surface area (Å²) in [6.45, 7) is 14.5. The Morgan fingerprint density at radius 1 is 1.16 bits per heavy atom. The van der Waals surface area contributed by atoms with Crippen LogP contribution in [0.1, 0.15) is 40.0 Å². The van der Waals surface area contributed by atoms with Gasteiger partial charge in [-0.05, 0) is 44.2 Å². The van der Waals surface area contributed by atoms with Gasteiger partial charge in [-0.15, -0.1) is 0 Å². The number of nitrogens with one attached hydrogen (secondary N) is 1. The van der Waals surface area contributed by atoms with Crippen molar-refractivity contribution in [3.05, 3.63) is 0 Å². The van der Waals surface area contributed by atoms with Crippen LogP contribution in [0.3, 0.4) is 0 Å². The molecule has 1 aliphatic carbocycles. The second kappa shape index (κ2) is 6.55. The van der Waals surface area contributed by atoms with Crippen molar-refractivity contribution in [2.24, 2.45) is 11.3 Å². The molecule has 0 aromatic carbocycles. The molecule has 0 amide bonds. The van der Waals surface area contributed by atoms with Crippen molar-refractivity contribution in [2.75, 3.05) is 46.3 Å². The number of hydrogen-bond acceptors (Lipinski definition) is 3. The number of likely N-dealkylation sites (N-methyl/N-ethyl adjacent to an activating group) is 1. The highest BCUT2D eigenvalue weighted by Gasteiger charge is 2.35. The quantitative estimate of drug-likeness (QED) is 0.841. The van der Waals surface area contributed by atoms with Crippen LogP contribution in [0.2, 0.25) is 0 Å². The van der Waals surface area contributed by atoms with Gasteiger partial charge in [-0.1, -0.05) is 20.8 Å². The highest BCUT2D eigenvalue weighted by molar-refractivity contribution is 4.90. The molecule has 3 heteroatoms. The maximum absolute atomic E-state index is 3.73. The molecule has 2 unspecified atom stereocenters. The van der Waals surface area contributed by atoms with Crippen LogP contribution in [0.15, 0.2) is 0 Å². The van der Waals surface area contributed by atoms with Crippen molar-refractivity contribution in [1.29, 1.82) is 0 Å². The van der Waals surface area contributed by atoms with E-state index in [1.54, 1.807) is 0 Å². The minimum absolute atomic E-state index is 0.545. The molecule has 0 radical (unpaired) electrons. The maximum Gasteiger partial charge on any atom is 0.0110 e. The van der Waals surface area contributed by atoms with Gasteiger partial charge in [0.1, 0.15) is 0 Å². The normalized spacial score (nSPS) is 33.5. The Morgan fingerprint density at radius 2 is 1.84 bits per heavy atom. The van der Waals surface area contributed by atoms with Gasteiger partial charge >= 0.3 is 0 Å². The fourth-order valence-corrected chi connectivity index (χ4v) is 3.82. The second-order valence-corrected chi connectivity index (χ2v) is 7.44. The smallest absolute Gasteiger partial charge is 0.0110 e. The topological polar surface area (TPSA) is 18.5 Å². The highest BCUT2D eigenvalue weighted by Crippen LogP contribution is 2.39. The van der Waals surface area contributed by atoms with E-state index in [0.29, 0.717) is 5.41 Å². The Hall–Kier alpha value is -0.120. The summed E-state index contributed by atoms with van der Waals surface area (Å²) in [5.74, 6) is 0.840. The molecule has 19 heavy (non-hydrogen) atoms. The number of nitrogens with zero attached hydrogens (tertiary/aromatic N) is 2. The van der Waals surface area contributed by atoms with E-state index in [9.17, 15) is 0 Å². The summed E-state index contributed by atoms with van der Waals surface area (Å²) in [4.78, 5) is 5.14. The first-order chi connectivity index (χ1) is 9.00. The van der Waals surface area contributed by atoms with Crippen LogP contribution in [-0.4, -0.2) is 62.2 Å². The van der Waals surface area contributed by atoms with Gasteiger partial charge in [0, 0.05) is 38.8 Å². The van der Waals surface area contributed by atoms with E-state index in [0.717, 1.165) is 18.5 Å². The summed E-state index contributed by atoms with van der Waals surface area (Å²) < 4.78 is 0. The van der Waals surface area contributed by atoms with Crippen molar-refractivity contribution in [2.45, 2.75) is 46.1 Å². The van der Waals surface area contributed by atoms with Gasteiger partial charge in [0.25, 0.3) is 0 Å². The lowest BCUT2D eigenvalue weighted by molar-refractivity contribution is 0.0770. The van der Waals surface area contributed by atoms with Gasteiger partial charge < -0.3 is 15.1 Å². The van der Waals surface area contributed by atoms with Gasteiger partial charge in [0.15, 0.2) is 0 Å². The Kier molecular flexibility index (Phi) is 5.27. The molecule has 2 atom stereocenters. The van der Waals surface area contributed by atoms with Crippen molar-refractivity contribution >= 4 is 0 Å². The summed E-state index contributed by atoms with van der Waals surface area (Å²) >= 11 is 0. The molecule has 0 spiro atoms. The zero-order chi connectivity index (χ0) is 13.9. The molecule has 0 aromatic rings. The van der Waals surface area contributed by atoms with Crippen LogP contribution in [-0.2, 0) is 0 Å². The monoisotopic (exact) mass is 267 g/mol. The van der Waals surface area contributed by atoms with E-state index >= 15 is 0 Å². The van der Waals surface area contributed by atoms with Crippen LogP contribution in [0.5, 0.6) is 0 Å². The number of piperazine rings is 1. The van der Waals surface area contributed by atoms with E-state index in [1.807, 2.05) is 0 Å². The van der Waals surface area contributed by atoms with E-state index in [1.165, 1.54) is 52.0 Å². The summed E-state index contributed by atoms with van der Waals surface area (Å²) in [6.07, 6.45) is 4.13. The van der Waals surface area contributed by atoms with Crippen LogP contribution >= 0.6 is 0 Å². The second-order valence-electron chi connectivity index (χ2n) is 7.44. The van der Waals surface area contributed by atoms with E-state index in [-0.39, 0.29) is 0 Å². The highest BCUT2D eigenvalue weighted by atomic mass is 15.2. The van der Waals surface area contributed by atoms with Gasteiger partial charge in [-0.2, -0.15) is 0 Å². The lowest BCUT2D eigenvalue weighted by Gasteiger charge is -2.44. The predicted molar refractivity (Wildman–Crippen MR) is 82.5 cm³/mol. The molecule has 2 fully saturated rings. The summed E-state index contributed by atoms with van der Waals surface area (Å²) in [7, 11) is 2.24. The number of hydrogen-bond donors (Lipinski definition) is 1.